The van der Waals surface area contributed by atoms with Crippen molar-refractivity contribution in [2.24, 2.45) is 10.7 Å². The molecule has 1 aliphatic heterocycles. The van der Waals surface area contributed by atoms with Crippen molar-refractivity contribution in [2.45, 2.75) is 25.1 Å². The van der Waals surface area contributed by atoms with E-state index in [-0.39, 0.29) is 22.7 Å². The Morgan fingerprint density at radius 3 is 2.50 bits per heavy atom. The maximum Gasteiger partial charge on any atom is 0.430 e. The average Bonchev–Trinajstić information content (AvgIpc) is 3.22. The van der Waals surface area contributed by atoms with E-state index in [0.717, 1.165) is 18.9 Å². The van der Waals surface area contributed by atoms with Crippen LogP contribution in [0.5, 0.6) is 0 Å². The van der Waals surface area contributed by atoms with E-state index in [2.05, 4.69) is 4.99 Å². The summed E-state index contributed by atoms with van der Waals surface area (Å²) in [6.07, 6.45) is -2.18. The van der Waals surface area contributed by atoms with Crippen LogP contribution >= 0.6 is 11.6 Å². The van der Waals surface area contributed by atoms with Gasteiger partial charge in [0.25, 0.3) is 5.91 Å². The Balaban J connectivity index is 1.94. The van der Waals surface area contributed by atoms with Crippen LogP contribution in [0.4, 0.5) is 18.9 Å². The number of carbonyl (C=O) groups is 1. The molecule has 2 aromatic carbocycles. The second kappa shape index (κ2) is 10.2. The molecule has 0 aliphatic carbocycles. The first-order valence-corrected chi connectivity index (χ1v) is 10.4. The first-order valence-electron chi connectivity index (χ1n) is 9.98. The monoisotopic (exact) mass is 465 g/mol. The minimum Gasteiger partial charge on any atom is -0.395 e. The number of carbonyl (C=O) groups excluding carboxylic acids is 1. The largest absolute Gasteiger partial charge is 0.430 e. The molecule has 0 spiro atoms. The third-order valence-corrected chi connectivity index (χ3v) is 5.46. The fraction of sp³-hybridized carbons (Fsp3) is 0.304. The minimum atomic E-state index is -4.71. The summed E-state index contributed by atoms with van der Waals surface area (Å²) in [5, 5.41) is 0.286. The van der Waals surface area contributed by atoms with E-state index < -0.39 is 11.9 Å². The lowest BCUT2D eigenvalue weighted by molar-refractivity contribution is -0.0925. The number of amides is 1. The zero-order valence-corrected chi connectivity index (χ0v) is 18.2. The number of nitrogens with zero attached hydrogens (tertiary/aromatic N) is 2. The van der Waals surface area contributed by atoms with Gasteiger partial charge in [-0.1, -0.05) is 35.9 Å². The summed E-state index contributed by atoms with van der Waals surface area (Å²) in [5.74, 6) is -0.147. The third-order valence-electron chi connectivity index (χ3n) is 5.14. The zero-order chi connectivity index (χ0) is 23.3. The molecule has 1 unspecified atom stereocenters. The number of methoxy groups -OCH3 is 1. The van der Waals surface area contributed by atoms with Crippen molar-refractivity contribution in [1.82, 2.24) is 4.90 Å². The number of likely N-dealkylation sites (tertiary alicyclic amines) is 1. The molecule has 32 heavy (non-hydrogen) atoms. The smallest absolute Gasteiger partial charge is 0.395 e. The fourth-order valence-corrected chi connectivity index (χ4v) is 3.68. The number of alkyl halides is 3. The predicted octanol–water partition coefficient (Wildman–Crippen LogP) is 5.12. The van der Waals surface area contributed by atoms with E-state index in [1.165, 1.54) is 0 Å². The molecule has 1 saturated heterocycles. The first-order chi connectivity index (χ1) is 15.2. The van der Waals surface area contributed by atoms with Crippen molar-refractivity contribution in [3.05, 3.63) is 76.5 Å². The van der Waals surface area contributed by atoms with Crippen LogP contribution in [0.25, 0.3) is 0 Å². The van der Waals surface area contributed by atoms with Crippen LogP contribution in [0, 0.1) is 0 Å². The van der Waals surface area contributed by atoms with E-state index >= 15 is 0 Å². The van der Waals surface area contributed by atoms with Gasteiger partial charge in [0.2, 0.25) is 0 Å². The number of hydrogen-bond donors (Lipinski definition) is 1. The predicted molar refractivity (Wildman–Crippen MR) is 118 cm³/mol. The fourth-order valence-electron chi connectivity index (χ4n) is 3.50. The minimum absolute atomic E-state index is 0.0130. The third kappa shape index (κ3) is 5.69. The highest BCUT2D eigenvalue weighted by Gasteiger charge is 2.32. The van der Waals surface area contributed by atoms with E-state index in [1.807, 2.05) is 0 Å². The molecule has 0 bridgehead atoms. The molecule has 3 rings (SSSR count). The Labute approximate surface area is 189 Å². The van der Waals surface area contributed by atoms with Gasteiger partial charge in [0.1, 0.15) is 5.70 Å². The first kappa shape index (κ1) is 23.8. The van der Waals surface area contributed by atoms with Gasteiger partial charge in [0.15, 0.2) is 0 Å². The number of halogens is 4. The molecule has 1 aliphatic rings. The lowest BCUT2D eigenvalue weighted by atomic mass is 10.0. The molecular weight excluding hydrogens is 443 g/mol. The molecular formula is C23H23ClF3N3O2. The van der Waals surface area contributed by atoms with E-state index in [1.54, 1.807) is 60.5 Å². The van der Waals surface area contributed by atoms with Gasteiger partial charge in [-0.3, -0.25) is 4.79 Å². The maximum atomic E-state index is 13.1. The molecule has 1 amide bonds. The summed E-state index contributed by atoms with van der Waals surface area (Å²) < 4.78 is 44.3. The summed E-state index contributed by atoms with van der Waals surface area (Å²) in [5.41, 5.74) is 5.02. The number of para-hydroxylation sites is 1. The topological polar surface area (TPSA) is 67.9 Å². The lowest BCUT2D eigenvalue weighted by Gasteiger charge is -2.24. The summed E-state index contributed by atoms with van der Waals surface area (Å²) in [6, 6.07) is 12.8. The Morgan fingerprint density at radius 2 is 1.88 bits per heavy atom. The maximum absolute atomic E-state index is 13.1. The molecule has 2 aromatic rings. The van der Waals surface area contributed by atoms with E-state index in [9.17, 15) is 18.0 Å². The van der Waals surface area contributed by atoms with Gasteiger partial charge < -0.3 is 15.4 Å². The SMILES string of the molecule is COCC1CCCN1C(=O)c1ccc(C(/C=C(\N)C(F)(F)F)=Nc2ccccc2Cl)cc1. The van der Waals surface area contributed by atoms with Crippen molar-refractivity contribution in [3.63, 3.8) is 0 Å². The van der Waals surface area contributed by atoms with Gasteiger partial charge in [-0.2, -0.15) is 13.2 Å². The van der Waals surface area contributed by atoms with Crippen molar-refractivity contribution in [1.29, 1.82) is 0 Å². The van der Waals surface area contributed by atoms with Gasteiger partial charge in [-0.15, -0.1) is 0 Å². The second-order valence-electron chi connectivity index (χ2n) is 7.37. The van der Waals surface area contributed by atoms with Gasteiger partial charge in [0.05, 0.1) is 29.1 Å². The normalized spacial score (nSPS) is 17.7. The number of ether oxygens (including phenoxy) is 1. The molecule has 1 atom stereocenters. The van der Waals surface area contributed by atoms with Crippen LogP contribution in [-0.4, -0.2) is 49.0 Å². The number of aliphatic imine (C=N–C) groups is 1. The quantitative estimate of drug-likeness (QED) is 0.602. The summed E-state index contributed by atoms with van der Waals surface area (Å²) in [6.45, 7) is 1.10. The summed E-state index contributed by atoms with van der Waals surface area (Å²) in [4.78, 5) is 18.9. The van der Waals surface area contributed by atoms with Crippen LogP contribution in [0.15, 0.2) is 65.3 Å². The van der Waals surface area contributed by atoms with E-state index in [0.29, 0.717) is 30.0 Å². The standard InChI is InChI=1S/C23H23ClF3N3O2/c1-32-14-17-5-4-12-30(17)22(31)16-10-8-15(9-11-16)20(13-21(28)23(25,26)27)29-19-7-3-2-6-18(19)24/h2-3,6-11,13,17H,4-5,12,14,28H2,1H3/b21-13-,29-20?. The van der Waals surface area contributed by atoms with Crippen molar-refractivity contribution < 1.29 is 22.7 Å². The van der Waals surface area contributed by atoms with Crippen LogP contribution < -0.4 is 5.73 Å². The Bertz CT molecular complexity index is 1020. The molecule has 170 valence electrons. The van der Waals surface area contributed by atoms with Crippen LogP contribution in [0.2, 0.25) is 5.02 Å². The Kier molecular flexibility index (Phi) is 7.58. The average molecular weight is 466 g/mol. The second-order valence-corrected chi connectivity index (χ2v) is 7.78. The van der Waals surface area contributed by atoms with Gasteiger partial charge in [0, 0.05) is 24.8 Å². The number of rotatable bonds is 6. The number of hydrogen-bond acceptors (Lipinski definition) is 4. The lowest BCUT2D eigenvalue weighted by Crippen LogP contribution is -2.38. The number of nitrogens with two attached hydrogens (primary N) is 1. The Morgan fingerprint density at radius 1 is 1.22 bits per heavy atom. The molecule has 1 heterocycles. The zero-order valence-electron chi connectivity index (χ0n) is 17.4. The van der Waals surface area contributed by atoms with Gasteiger partial charge >= 0.3 is 6.18 Å². The van der Waals surface area contributed by atoms with Gasteiger partial charge in [-0.05, 0) is 43.2 Å². The van der Waals surface area contributed by atoms with Crippen LogP contribution in [-0.2, 0) is 4.74 Å². The molecule has 2 N–H and O–H groups in total. The molecule has 0 aromatic heterocycles. The highest BCUT2D eigenvalue weighted by molar-refractivity contribution is 6.33. The molecule has 5 nitrogen and oxygen atoms in total. The van der Waals surface area contributed by atoms with Crippen LogP contribution in [0.1, 0.15) is 28.8 Å². The molecule has 1 fully saturated rings. The number of allylic oxidation sites excluding steroid dienone is 2. The summed E-state index contributed by atoms with van der Waals surface area (Å²) in [7, 11) is 1.59. The summed E-state index contributed by atoms with van der Waals surface area (Å²) >= 11 is 6.12. The molecule has 0 radical (unpaired) electrons. The number of benzene rings is 2. The van der Waals surface area contributed by atoms with Crippen molar-refractivity contribution in [3.8, 4) is 0 Å². The highest BCUT2D eigenvalue weighted by atomic mass is 35.5. The van der Waals surface area contributed by atoms with E-state index in [4.69, 9.17) is 22.1 Å². The van der Waals surface area contributed by atoms with Crippen molar-refractivity contribution in [2.75, 3.05) is 20.3 Å². The highest BCUT2D eigenvalue weighted by Crippen LogP contribution is 2.27. The van der Waals surface area contributed by atoms with Gasteiger partial charge in [-0.25, -0.2) is 4.99 Å². The van der Waals surface area contributed by atoms with Crippen molar-refractivity contribution >= 4 is 28.9 Å². The molecule has 9 heteroatoms. The molecule has 0 saturated carbocycles. The Hall–Kier alpha value is -2.84. The van der Waals surface area contributed by atoms with Crippen LogP contribution in [0.3, 0.4) is 0 Å².